The van der Waals surface area contributed by atoms with Crippen molar-refractivity contribution in [1.82, 2.24) is 0 Å². The molecule has 0 saturated carbocycles. The van der Waals surface area contributed by atoms with Crippen LogP contribution in [0, 0.1) is 0 Å². The summed E-state index contributed by atoms with van der Waals surface area (Å²) in [6.07, 6.45) is 0. The zero-order valence-corrected chi connectivity index (χ0v) is 14.2. The van der Waals surface area contributed by atoms with Crippen LogP contribution >= 0.6 is 64.3 Å². The molecule has 0 bridgehead atoms. The summed E-state index contributed by atoms with van der Waals surface area (Å²) in [6, 6.07) is 7.60. The summed E-state index contributed by atoms with van der Waals surface area (Å²) in [5.74, 6) is -5.78. The van der Waals surface area contributed by atoms with Crippen molar-refractivity contribution in [3.05, 3.63) is 24.3 Å². The number of para-hydroxylation sites is 2. The van der Waals surface area contributed by atoms with Crippen LogP contribution in [0.4, 0.5) is 11.4 Å². The first kappa shape index (κ1) is 13.6. The summed E-state index contributed by atoms with van der Waals surface area (Å²) in [4.78, 5) is 0. The van der Waals surface area contributed by atoms with Gasteiger partial charge in [0.05, 0.1) is 11.4 Å². The van der Waals surface area contributed by atoms with Gasteiger partial charge in [-0.1, -0.05) is 12.1 Å². The molecule has 0 unspecified atom stereocenters. The van der Waals surface area contributed by atoms with E-state index >= 15 is 0 Å². The fourth-order valence-corrected chi connectivity index (χ4v) is 16.7. The quantitative estimate of drug-likeness (QED) is 0.461. The largest absolute Gasteiger partial charge is 0.317 e. The van der Waals surface area contributed by atoms with Crippen LogP contribution in [-0.2, 0) is 0 Å². The monoisotopic (exact) mass is 381 g/mol. The molecule has 0 radical (unpaired) electrons. The lowest BCUT2D eigenvalue weighted by molar-refractivity contribution is 1.69. The number of hydrogen-bond donors (Lipinski definition) is 2. The van der Waals surface area contributed by atoms with Crippen molar-refractivity contribution in [2.24, 2.45) is 13.5 Å². The van der Waals surface area contributed by atoms with Crippen LogP contribution in [0.5, 0.6) is 0 Å². The summed E-state index contributed by atoms with van der Waals surface area (Å²) in [7, 11) is -2.54. The van der Waals surface area contributed by atoms with Gasteiger partial charge in [-0.2, -0.15) is 13.5 Å². The zero-order valence-electron chi connectivity index (χ0n) is 8.50. The topological polar surface area (TPSA) is 61.1 Å². The second kappa shape index (κ2) is 4.33. The second-order valence-electron chi connectivity index (χ2n) is 3.55. The second-order valence-corrected chi connectivity index (χ2v) is 15.9. The fourth-order valence-electron chi connectivity index (χ4n) is 1.63. The number of benzene rings is 1. The SMILES string of the molecule is ClP1(Cl)=NP(Cl)(Cl)=NP2(=N1)Nc1ccccc1N2. The van der Waals surface area contributed by atoms with Gasteiger partial charge in [0.15, 0.2) is 0 Å². The number of anilines is 2. The Morgan fingerprint density at radius 1 is 0.778 bits per heavy atom. The maximum absolute atomic E-state index is 6.06. The molecule has 2 aliphatic rings. The number of hydrogen-bond acceptors (Lipinski definition) is 5. The Morgan fingerprint density at radius 3 is 1.78 bits per heavy atom. The lowest BCUT2D eigenvalue weighted by atomic mass is 10.3. The molecular formula is C6H6Cl4N5P3. The van der Waals surface area contributed by atoms with E-state index in [0.717, 1.165) is 11.4 Å². The molecule has 3 rings (SSSR count). The molecule has 12 heteroatoms. The number of halogens is 4. The van der Waals surface area contributed by atoms with Gasteiger partial charge in [0.2, 0.25) is 0 Å². The van der Waals surface area contributed by atoms with Crippen LogP contribution in [-0.4, -0.2) is 0 Å². The molecule has 0 fully saturated rings. The van der Waals surface area contributed by atoms with Crippen LogP contribution in [0.2, 0.25) is 0 Å². The predicted molar refractivity (Wildman–Crippen MR) is 85.1 cm³/mol. The molecule has 1 aromatic carbocycles. The van der Waals surface area contributed by atoms with Crippen molar-refractivity contribution in [1.29, 1.82) is 0 Å². The van der Waals surface area contributed by atoms with Crippen molar-refractivity contribution in [3.8, 4) is 0 Å². The average Bonchev–Trinajstić information content (AvgIpc) is 2.48. The van der Waals surface area contributed by atoms with E-state index in [2.05, 4.69) is 23.7 Å². The summed E-state index contributed by atoms with van der Waals surface area (Å²) in [6.45, 7) is 0. The summed E-state index contributed by atoms with van der Waals surface area (Å²) in [5.41, 5.74) is 1.75. The van der Waals surface area contributed by atoms with E-state index in [9.17, 15) is 0 Å². The van der Waals surface area contributed by atoms with Crippen LogP contribution in [0.3, 0.4) is 0 Å². The van der Waals surface area contributed by atoms with E-state index in [1.807, 2.05) is 24.3 Å². The van der Waals surface area contributed by atoms with Crippen LogP contribution < -0.4 is 10.2 Å². The average molecular weight is 383 g/mol. The number of nitrogens with zero attached hydrogens (tertiary/aromatic N) is 3. The molecule has 0 aromatic heterocycles. The molecule has 2 heterocycles. The van der Waals surface area contributed by atoms with Gasteiger partial charge in [0.1, 0.15) is 0 Å². The molecular weight excluding hydrogens is 377 g/mol. The van der Waals surface area contributed by atoms with Gasteiger partial charge >= 0.3 is 0 Å². The minimum absolute atomic E-state index is 0.877. The Kier molecular flexibility index (Phi) is 3.28. The van der Waals surface area contributed by atoms with Crippen molar-refractivity contribution >= 4 is 75.7 Å². The lowest BCUT2D eigenvalue weighted by Gasteiger charge is -2.23. The highest BCUT2D eigenvalue weighted by Crippen LogP contribution is 2.85. The van der Waals surface area contributed by atoms with E-state index in [4.69, 9.17) is 45.0 Å². The first-order valence-electron chi connectivity index (χ1n) is 4.65. The third-order valence-corrected chi connectivity index (χ3v) is 13.7. The Labute approximate surface area is 123 Å². The van der Waals surface area contributed by atoms with Gasteiger partial charge in [-0.25, -0.2) is 0 Å². The minimum Gasteiger partial charge on any atom is -0.317 e. The normalized spacial score (nSPS) is 24.9. The smallest absolute Gasteiger partial charge is 0.266 e. The van der Waals surface area contributed by atoms with Crippen LogP contribution in [0.15, 0.2) is 37.8 Å². The van der Waals surface area contributed by atoms with Gasteiger partial charge < -0.3 is 10.2 Å². The van der Waals surface area contributed by atoms with Crippen molar-refractivity contribution in [2.45, 2.75) is 0 Å². The van der Waals surface area contributed by atoms with Gasteiger partial charge in [-0.05, 0) is 57.1 Å². The molecule has 1 spiro atoms. The van der Waals surface area contributed by atoms with Crippen molar-refractivity contribution in [2.75, 3.05) is 10.2 Å². The van der Waals surface area contributed by atoms with Crippen molar-refractivity contribution in [3.63, 3.8) is 0 Å². The minimum atomic E-state index is -2.89. The molecule has 5 nitrogen and oxygen atoms in total. The Hall–Kier alpha value is 0.670. The highest BCUT2D eigenvalue weighted by molar-refractivity contribution is 8.21. The first-order valence-corrected chi connectivity index (χ1v) is 13.4. The van der Waals surface area contributed by atoms with Gasteiger partial charge in [-0.3, -0.25) is 0 Å². The summed E-state index contributed by atoms with van der Waals surface area (Å²) < 4.78 is 12.6. The number of fused-ring (bicyclic) bond motifs is 1. The Bertz CT molecular complexity index is 652. The molecule has 2 N–H and O–H groups in total. The molecule has 0 aliphatic carbocycles. The van der Waals surface area contributed by atoms with Crippen LogP contribution in [0.1, 0.15) is 0 Å². The fraction of sp³-hybridized carbons (Fsp3) is 0. The molecule has 0 atom stereocenters. The molecule has 98 valence electrons. The maximum Gasteiger partial charge on any atom is 0.266 e. The highest BCUT2D eigenvalue weighted by Gasteiger charge is 2.37. The van der Waals surface area contributed by atoms with E-state index in [1.165, 1.54) is 0 Å². The van der Waals surface area contributed by atoms with Crippen LogP contribution in [0.25, 0.3) is 0 Å². The Morgan fingerprint density at radius 2 is 1.28 bits per heavy atom. The molecule has 0 saturated heterocycles. The maximum atomic E-state index is 6.06. The third kappa shape index (κ3) is 2.60. The third-order valence-electron chi connectivity index (χ3n) is 2.17. The van der Waals surface area contributed by atoms with E-state index in [-0.39, 0.29) is 0 Å². The number of rotatable bonds is 0. The van der Waals surface area contributed by atoms with E-state index < -0.39 is 19.3 Å². The standard InChI is InChI=1S/C6H6Cl4N5P3/c7-16(8)13-17(9,10)15-18(14-16)11-5-3-1-2-4-6(5)12-18/h1-4,11-12H. The first-order chi connectivity index (χ1) is 8.29. The van der Waals surface area contributed by atoms with E-state index in [0.29, 0.717) is 0 Å². The summed E-state index contributed by atoms with van der Waals surface area (Å²) >= 11 is 24.2. The lowest BCUT2D eigenvalue weighted by Crippen LogP contribution is -1.94. The van der Waals surface area contributed by atoms with Gasteiger partial charge in [-0.15, -0.1) is 0 Å². The molecule has 18 heavy (non-hydrogen) atoms. The van der Waals surface area contributed by atoms with Gasteiger partial charge in [0, 0.05) is 0 Å². The summed E-state index contributed by atoms with van der Waals surface area (Å²) in [5, 5.41) is 6.37. The van der Waals surface area contributed by atoms with E-state index in [1.54, 1.807) is 0 Å². The highest BCUT2D eigenvalue weighted by atomic mass is 35.9. The molecule has 2 aliphatic heterocycles. The van der Waals surface area contributed by atoms with Crippen molar-refractivity contribution < 1.29 is 0 Å². The van der Waals surface area contributed by atoms with Gasteiger partial charge in [0.25, 0.3) is 19.3 Å². The predicted octanol–water partition coefficient (Wildman–Crippen LogP) is 7.33. The Balaban J connectivity index is 2.20. The zero-order chi connectivity index (χ0) is 13.0. The number of nitrogens with one attached hydrogen (secondary N) is 2. The molecule has 0 amide bonds. The molecule has 1 aromatic rings.